The molecule has 0 amide bonds. The summed E-state index contributed by atoms with van der Waals surface area (Å²) in [7, 11) is 0. The van der Waals surface area contributed by atoms with Gasteiger partial charge < -0.3 is 64.2 Å². The highest BCUT2D eigenvalue weighted by Gasteiger charge is 2.47. The predicted octanol–water partition coefficient (Wildman–Crippen LogP) is 9.36. The van der Waals surface area contributed by atoms with Gasteiger partial charge in [-0.2, -0.15) is 0 Å². The third kappa shape index (κ3) is 30.4. The molecule has 0 spiro atoms. The Hall–Kier alpha value is -1.79. The van der Waals surface area contributed by atoms with E-state index in [1.165, 1.54) is 122 Å². The lowest BCUT2D eigenvalue weighted by molar-refractivity contribution is -0.332. The van der Waals surface area contributed by atoms with Crippen LogP contribution in [-0.4, -0.2) is 142 Å². The Balaban J connectivity index is 1.69. The van der Waals surface area contributed by atoms with Crippen LogP contribution in [0.3, 0.4) is 0 Å². The Kier molecular flexibility index (Phi) is 40.1. The first kappa shape index (κ1) is 64.3. The molecule has 2 aliphatic rings. The Morgan fingerprint density at radius 2 is 0.886 bits per heavy atom. The third-order valence-corrected chi connectivity index (χ3v) is 13.4. The number of hydrogen-bond donors (Lipinski definition) is 7. The molecule has 2 saturated heterocycles. The minimum atomic E-state index is -1.71. The summed E-state index contributed by atoms with van der Waals surface area (Å²) in [6.45, 7) is 3.65. The summed E-state index contributed by atoms with van der Waals surface area (Å²) >= 11 is 0. The minimum absolute atomic E-state index is 0.0585. The van der Waals surface area contributed by atoms with E-state index in [9.17, 15) is 40.5 Å². The number of carbonyl (C=O) groups excluding carboxylic acids is 1. The van der Waals surface area contributed by atoms with Crippen LogP contribution in [0.1, 0.15) is 213 Å². The summed E-state index contributed by atoms with van der Waals surface area (Å²) in [6.07, 6.45) is 33.6. The first-order chi connectivity index (χ1) is 34.1. The van der Waals surface area contributed by atoms with Crippen LogP contribution in [0.2, 0.25) is 0 Å². The second kappa shape index (κ2) is 43.6. The molecule has 7 N–H and O–H groups in total. The third-order valence-electron chi connectivity index (χ3n) is 13.4. The molecule has 2 fully saturated rings. The van der Waals surface area contributed by atoms with Crippen molar-refractivity contribution < 1.29 is 69.0 Å². The summed E-state index contributed by atoms with van der Waals surface area (Å²) < 4.78 is 34.3. The van der Waals surface area contributed by atoms with Crippen LogP contribution >= 0.6 is 0 Å². The van der Waals surface area contributed by atoms with Crippen LogP contribution in [0.15, 0.2) is 36.5 Å². The zero-order chi connectivity index (χ0) is 50.9. The Bertz CT molecular complexity index is 1300. The van der Waals surface area contributed by atoms with Gasteiger partial charge in [-0.25, -0.2) is 0 Å². The van der Waals surface area contributed by atoms with Crippen molar-refractivity contribution in [1.82, 2.24) is 0 Å². The van der Waals surface area contributed by atoms with E-state index in [0.29, 0.717) is 13.0 Å². The fourth-order valence-electron chi connectivity index (χ4n) is 8.78. The highest BCUT2D eigenvalue weighted by atomic mass is 16.7. The summed E-state index contributed by atoms with van der Waals surface area (Å²) in [4.78, 5) is 13.0. The number of rotatable bonds is 45. The first-order valence-corrected chi connectivity index (χ1v) is 28.1. The molecule has 0 aromatic heterocycles. The van der Waals surface area contributed by atoms with Gasteiger partial charge in [0.2, 0.25) is 0 Å². The van der Waals surface area contributed by atoms with E-state index >= 15 is 0 Å². The molecular formula is C56H102O14. The number of allylic oxidation sites excluding steroid dienone is 6. The van der Waals surface area contributed by atoms with Crippen LogP contribution in [-0.2, 0) is 33.2 Å². The van der Waals surface area contributed by atoms with Crippen molar-refractivity contribution in [3.63, 3.8) is 0 Å². The van der Waals surface area contributed by atoms with E-state index in [4.69, 9.17) is 28.4 Å². The first-order valence-electron chi connectivity index (χ1n) is 28.1. The molecule has 0 saturated carbocycles. The highest BCUT2D eigenvalue weighted by Crippen LogP contribution is 2.26. The molecule has 0 aromatic carbocycles. The van der Waals surface area contributed by atoms with Crippen LogP contribution < -0.4 is 0 Å². The fourth-order valence-corrected chi connectivity index (χ4v) is 8.78. The number of aliphatic hydroxyl groups is 7. The van der Waals surface area contributed by atoms with Crippen LogP contribution in [0.5, 0.6) is 0 Å². The van der Waals surface area contributed by atoms with Crippen molar-refractivity contribution in [3.8, 4) is 0 Å². The average molecular weight is 999 g/mol. The Morgan fingerprint density at radius 1 is 0.471 bits per heavy atom. The van der Waals surface area contributed by atoms with Crippen molar-refractivity contribution in [2.24, 2.45) is 0 Å². The van der Waals surface area contributed by atoms with Crippen molar-refractivity contribution in [2.75, 3.05) is 33.0 Å². The van der Waals surface area contributed by atoms with E-state index < -0.39 is 80.7 Å². The highest BCUT2D eigenvalue weighted by molar-refractivity contribution is 5.69. The van der Waals surface area contributed by atoms with Crippen LogP contribution in [0.4, 0.5) is 0 Å². The van der Waals surface area contributed by atoms with Gasteiger partial charge in [0.05, 0.1) is 26.4 Å². The molecule has 2 aliphatic heterocycles. The van der Waals surface area contributed by atoms with Crippen molar-refractivity contribution in [1.29, 1.82) is 0 Å². The van der Waals surface area contributed by atoms with Crippen LogP contribution in [0, 0.1) is 0 Å². The monoisotopic (exact) mass is 999 g/mol. The lowest BCUT2D eigenvalue weighted by Crippen LogP contribution is -2.61. The van der Waals surface area contributed by atoms with Gasteiger partial charge in [0.15, 0.2) is 12.6 Å². The molecule has 14 nitrogen and oxygen atoms in total. The van der Waals surface area contributed by atoms with Gasteiger partial charge >= 0.3 is 5.97 Å². The molecule has 11 unspecified atom stereocenters. The molecule has 2 heterocycles. The minimum Gasteiger partial charge on any atom is -0.457 e. The maximum atomic E-state index is 13.0. The maximum Gasteiger partial charge on any atom is 0.306 e. The molecule has 0 aliphatic carbocycles. The smallest absolute Gasteiger partial charge is 0.306 e. The summed E-state index contributed by atoms with van der Waals surface area (Å²) in [5.74, 6) is -0.385. The number of aliphatic hydroxyl groups excluding tert-OH is 7. The van der Waals surface area contributed by atoms with Gasteiger partial charge in [0.25, 0.3) is 0 Å². The zero-order valence-electron chi connectivity index (χ0n) is 43.8. The van der Waals surface area contributed by atoms with Gasteiger partial charge in [0, 0.05) is 13.0 Å². The molecule has 14 heteroatoms. The average Bonchev–Trinajstić information content (AvgIpc) is 3.36. The molecule has 410 valence electrons. The summed E-state index contributed by atoms with van der Waals surface area (Å²) in [5.41, 5.74) is 0. The summed E-state index contributed by atoms with van der Waals surface area (Å²) in [5, 5.41) is 72.2. The number of unbranched alkanes of at least 4 members (excludes halogenated alkanes) is 25. The molecule has 0 aromatic rings. The number of esters is 1. The van der Waals surface area contributed by atoms with E-state index in [1.54, 1.807) is 0 Å². The maximum absolute atomic E-state index is 13.0. The topological polar surface area (TPSA) is 214 Å². The van der Waals surface area contributed by atoms with E-state index in [0.717, 1.165) is 64.2 Å². The second-order valence-corrected chi connectivity index (χ2v) is 19.8. The van der Waals surface area contributed by atoms with Crippen molar-refractivity contribution in [2.45, 2.75) is 280 Å². The summed E-state index contributed by atoms with van der Waals surface area (Å²) in [6, 6.07) is 0. The number of carbonyl (C=O) groups is 1. The Morgan fingerprint density at radius 3 is 1.41 bits per heavy atom. The van der Waals surface area contributed by atoms with Gasteiger partial charge in [-0.1, -0.05) is 172 Å². The predicted molar refractivity (Wildman–Crippen MR) is 275 cm³/mol. The van der Waals surface area contributed by atoms with E-state index in [1.807, 2.05) is 0 Å². The van der Waals surface area contributed by atoms with E-state index in [-0.39, 0.29) is 25.6 Å². The van der Waals surface area contributed by atoms with E-state index in [2.05, 4.69) is 50.3 Å². The quantitative estimate of drug-likeness (QED) is 0.0172. The van der Waals surface area contributed by atoms with Crippen molar-refractivity contribution in [3.05, 3.63) is 36.5 Å². The largest absolute Gasteiger partial charge is 0.457 e. The SMILES string of the molecule is CCCCC/C=C\CCCCCCCC(=O)OC(COCCCCCCCCCCCCCC/C=C\C/C=C\CCCCCCC)COC1OC(COC2OC(CO)C(O)C(O)C2O)C(O)C(O)C1O. The van der Waals surface area contributed by atoms with Gasteiger partial charge in [-0.3, -0.25) is 4.79 Å². The molecular weight excluding hydrogens is 897 g/mol. The molecule has 2 rings (SSSR count). The fraction of sp³-hybridized carbons (Fsp3) is 0.875. The number of hydrogen-bond acceptors (Lipinski definition) is 14. The standard InChI is InChI=1S/C56H102O14/c1-3-5-7-9-11-13-15-17-18-19-20-21-22-23-24-25-26-27-28-30-32-34-36-38-40-65-42-45(68-48(58)39-37-35-33-31-29-16-14-12-10-8-6-4-2)43-66-55-54(64)52(62)50(60)47(70-55)44-67-56-53(63)51(61)49(59)46(41-57)69-56/h12,14-15,17,19-20,45-47,49-57,59-64H,3-11,13,16,18,21-44H2,1-2H3/b14-12-,17-15-,20-19-. The van der Waals surface area contributed by atoms with Gasteiger partial charge in [-0.05, 0) is 70.6 Å². The van der Waals surface area contributed by atoms with Crippen molar-refractivity contribution >= 4 is 5.97 Å². The second-order valence-electron chi connectivity index (χ2n) is 19.8. The lowest BCUT2D eigenvalue weighted by atomic mass is 9.98. The lowest BCUT2D eigenvalue weighted by Gasteiger charge is -2.42. The molecule has 70 heavy (non-hydrogen) atoms. The molecule has 11 atom stereocenters. The normalized spacial score (nSPS) is 25.7. The van der Waals surface area contributed by atoms with Crippen LogP contribution in [0.25, 0.3) is 0 Å². The number of ether oxygens (including phenoxy) is 6. The molecule has 0 radical (unpaired) electrons. The molecule has 0 bridgehead atoms. The Labute approximate surface area is 423 Å². The van der Waals surface area contributed by atoms with Gasteiger partial charge in [0.1, 0.15) is 54.9 Å². The van der Waals surface area contributed by atoms with Gasteiger partial charge in [-0.15, -0.1) is 0 Å². The zero-order valence-corrected chi connectivity index (χ0v) is 43.8.